The Morgan fingerprint density at radius 2 is 1.71 bits per heavy atom. The summed E-state index contributed by atoms with van der Waals surface area (Å²) in [6.07, 6.45) is -3.55. The lowest BCUT2D eigenvalue weighted by Gasteiger charge is -2.29. The van der Waals surface area contributed by atoms with Gasteiger partial charge in [-0.15, -0.1) is 0 Å². The van der Waals surface area contributed by atoms with E-state index in [9.17, 15) is 32.3 Å². The molecule has 4 amide bonds. The smallest absolute Gasteiger partial charge is 0.425 e. The molecule has 34 heavy (non-hydrogen) atoms. The van der Waals surface area contributed by atoms with E-state index in [0.717, 1.165) is 25.0 Å². The highest BCUT2D eigenvalue weighted by Crippen LogP contribution is 2.43. The van der Waals surface area contributed by atoms with Crippen LogP contribution in [0.15, 0.2) is 54.6 Å². The van der Waals surface area contributed by atoms with Gasteiger partial charge in [0.05, 0.1) is 12.2 Å². The van der Waals surface area contributed by atoms with Gasteiger partial charge in [-0.1, -0.05) is 43.7 Å². The van der Waals surface area contributed by atoms with Crippen LogP contribution in [0.3, 0.4) is 0 Å². The lowest BCUT2D eigenvalue weighted by molar-refractivity contribution is -0.198. The van der Waals surface area contributed by atoms with E-state index in [1.54, 1.807) is 5.32 Å². The maximum Gasteiger partial charge on any atom is 0.425 e. The van der Waals surface area contributed by atoms with Crippen molar-refractivity contribution in [2.75, 3.05) is 18.5 Å². The summed E-state index contributed by atoms with van der Waals surface area (Å²) in [5.74, 6) is -3.03. The molecule has 8 nitrogen and oxygen atoms in total. The molecule has 2 aromatic rings. The second-order valence-corrected chi connectivity index (χ2v) is 7.55. The molecule has 2 N–H and O–H groups in total. The number of carbonyl (C=O) groups is 4. The van der Waals surface area contributed by atoms with Crippen LogP contribution in [-0.4, -0.2) is 48.0 Å². The Hall–Kier alpha value is -3.89. The van der Waals surface area contributed by atoms with E-state index in [2.05, 4.69) is 5.32 Å². The minimum atomic E-state index is -5.14. The Balaban J connectivity index is 1.70. The van der Waals surface area contributed by atoms with Crippen molar-refractivity contribution in [3.05, 3.63) is 65.7 Å². The Labute approximate surface area is 193 Å². The van der Waals surface area contributed by atoms with Crippen LogP contribution in [0.4, 0.5) is 23.7 Å². The summed E-state index contributed by atoms with van der Waals surface area (Å²) >= 11 is 0. The van der Waals surface area contributed by atoms with Gasteiger partial charge in [-0.3, -0.25) is 14.5 Å². The molecule has 1 aliphatic heterocycles. The molecule has 3 rings (SSSR count). The van der Waals surface area contributed by atoms with Gasteiger partial charge in [-0.2, -0.15) is 13.2 Å². The fourth-order valence-corrected chi connectivity index (χ4v) is 3.39. The molecule has 1 unspecified atom stereocenters. The molecule has 1 fully saturated rings. The van der Waals surface area contributed by atoms with E-state index in [0.29, 0.717) is 0 Å². The fourth-order valence-electron chi connectivity index (χ4n) is 3.39. The molecule has 0 radical (unpaired) electrons. The third kappa shape index (κ3) is 4.87. The Bertz CT molecular complexity index is 1070. The van der Waals surface area contributed by atoms with Gasteiger partial charge in [0.25, 0.3) is 5.91 Å². The summed E-state index contributed by atoms with van der Waals surface area (Å²) in [5, 5.41) is 4.10. The van der Waals surface area contributed by atoms with Crippen molar-refractivity contribution >= 4 is 29.5 Å². The molecule has 1 saturated heterocycles. The Morgan fingerprint density at radius 3 is 2.29 bits per heavy atom. The van der Waals surface area contributed by atoms with Crippen LogP contribution in [0.5, 0.6) is 0 Å². The number of benzene rings is 2. The molecule has 0 spiro atoms. The number of unbranched alkanes of at least 4 members (excludes halogenated alkanes) is 1. The third-order valence-electron chi connectivity index (χ3n) is 5.17. The topological polar surface area (TPSA) is 105 Å². The minimum absolute atomic E-state index is 0.215. The van der Waals surface area contributed by atoms with Crippen LogP contribution in [0.1, 0.15) is 35.7 Å². The van der Waals surface area contributed by atoms with E-state index >= 15 is 0 Å². The predicted molar refractivity (Wildman–Crippen MR) is 115 cm³/mol. The molecule has 1 heterocycles. The first-order valence-corrected chi connectivity index (χ1v) is 10.4. The van der Waals surface area contributed by atoms with Gasteiger partial charge in [0, 0.05) is 5.69 Å². The standard InChI is InChI=1S/C23H22F3N3O5/c1-2-3-13-34-19(31)15-9-11-17(12-10-15)27-18(30)14-29-20(32)22(23(24,25)26,28-21(29)33)16-7-5-4-6-8-16/h4-12H,2-3,13-14H2,1H3,(H,27,30)(H,28,33). The zero-order valence-corrected chi connectivity index (χ0v) is 18.1. The molecule has 0 bridgehead atoms. The zero-order chi connectivity index (χ0) is 24.9. The summed E-state index contributed by atoms with van der Waals surface area (Å²) in [6, 6.07) is 10.5. The summed E-state index contributed by atoms with van der Waals surface area (Å²) < 4.78 is 47.0. The van der Waals surface area contributed by atoms with Crippen molar-refractivity contribution < 1.29 is 37.1 Å². The van der Waals surface area contributed by atoms with Crippen molar-refractivity contribution in [2.24, 2.45) is 0 Å². The summed E-state index contributed by atoms with van der Waals surface area (Å²) in [5.41, 5.74) is -3.29. The number of ether oxygens (including phenoxy) is 1. The quantitative estimate of drug-likeness (QED) is 0.344. The van der Waals surface area contributed by atoms with Gasteiger partial charge in [0.2, 0.25) is 11.4 Å². The summed E-state index contributed by atoms with van der Waals surface area (Å²) in [6.45, 7) is 1.30. The number of esters is 1. The van der Waals surface area contributed by atoms with Gasteiger partial charge in [-0.05, 0) is 36.2 Å². The highest BCUT2D eigenvalue weighted by molar-refractivity contribution is 6.11. The molecule has 180 valence electrons. The lowest BCUT2D eigenvalue weighted by atomic mass is 9.89. The third-order valence-corrected chi connectivity index (χ3v) is 5.17. The molecular weight excluding hydrogens is 455 g/mol. The van der Waals surface area contributed by atoms with Crippen molar-refractivity contribution in [1.82, 2.24) is 10.2 Å². The van der Waals surface area contributed by atoms with Crippen molar-refractivity contribution in [1.29, 1.82) is 0 Å². The van der Waals surface area contributed by atoms with E-state index in [-0.39, 0.29) is 22.8 Å². The number of alkyl halides is 3. The van der Waals surface area contributed by atoms with Gasteiger partial charge in [0.1, 0.15) is 6.54 Å². The number of anilines is 1. The van der Waals surface area contributed by atoms with E-state index < -0.39 is 47.6 Å². The van der Waals surface area contributed by atoms with E-state index in [4.69, 9.17) is 4.74 Å². The van der Waals surface area contributed by atoms with Crippen LogP contribution in [0, 0.1) is 0 Å². The molecule has 0 aromatic heterocycles. The van der Waals surface area contributed by atoms with Gasteiger partial charge >= 0.3 is 18.2 Å². The van der Waals surface area contributed by atoms with Crippen molar-refractivity contribution in [3.8, 4) is 0 Å². The second-order valence-electron chi connectivity index (χ2n) is 7.55. The molecule has 0 aliphatic carbocycles. The van der Waals surface area contributed by atoms with Crippen LogP contribution >= 0.6 is 0 Å². The van der Waals surface area contributed by atoms with Crippen LogP contribution in [-0.2, 0) is 19.9 Å². The van der Waals surface area contributed by atoms with Crippen LogP contribution in [0.25, 0.3) is 0 Å². The monoisotopic (exact) mass is 477 g/mol. The number of carbonyl (C=O) groups excluding carboxylic acids is 4. The van der Waals surface area contributed by atoms with Gasteiger partial charge in [0.15, 0.2) is 0 Å². The average Bonchev–Trinajstić information content (AvgIpc) is 3.06. The molecule has 1 atom stereocenters. The van der Waals surface area contributed by atoms with E-state index in [1.807, 2.05) is 6.92 Å². The minimum Gasteiger partial charge on any atom is -0.462 e. The first-order chi connectivity index (χ1) is 16.1. The molecule has 2 aromatic carbocycles. The second kappa shape index (κ2) is 9.94. The number of urea groups is 1. The predicted octanol–water partition coefficient (Wildman–Crippen LogP) is 3.59. The number of nitrogens with zero attached hydrogens (tertiary/aromatic N) is 1. The lowest BCUT2D eigenvalue weighted by Crippen LogP contribution is -2.55. The maximum atomic E-state index is 14.0. The van der Waals surface area contributed by atoms with Crippen LogP contribution in [0.2, 0.25) is 0 Å². The highest BCUT2D eigenvalue weighted by atomic mass is 19.4. The highest BCUT2D eigenvalue weighted by Gasteiger charge is 2.68. The van der Waals surface area contributed by atoms with Gasteiger partial charge < -0.3 is 15.4 Å². The Kier molecular flexibility index (Phi) is 7.23. The summed E-state index contributed by atoms with van der Waals surface area (Å²) in [7, 11) is 0. The largest absolute Gasteiger partial charge is 0.462 e. The molecule has 0 saturated carbocycles. The number of nitrogens with one attached hydrogen (secondary N) is 2. The number of imide groups is 1. The SMILES string of the molecule is CCCCOC(=O)c1ccc(NC(=O)CN2C(=O)NC(c3ccccc3)(C(F)(F)F)C2=O)cc1. The van der Waals surface area contributed by atoms with Crippen molar-refractivity contribution in [3.63, 3.8) is 0 Å². The molecule has 1 aliphatic rings. The molecular formula is C23H22F3N3O5. The normalized spacial score (nSPS) is 17.9. The number of rotatable bonds is 8. The maximum absolute atomic E-state index is 14.0. The molecule has 11 heteroatoms. The number of hydrogen-bond donors (Lipinski definition) is 2. The first-order valence-electron chi connectivity index (χ1n) is 10.4. The first kappa shape index (κ1) is 24.7. The number of halogens is 3. The summed E-state index contributed by atoms with van der Waals surface area (Å²) in [4.78, 5) is 49.6. The van der Waals surface area contributed by atoms with E-state index in [1.165, 1.54) is 42.5 Å². The zero-order valence-electron chi connectivity index (χ0n) is 18.1. The number of amides is 4. The Morgan fingerprint density at radius 1 is 1.06 bits per heavy atom. The fraction of sp³-hybridized carbons (Fsp3) is 0.304. The van der Waals surface area contributed by atoms with Crippen molar-refractivity contribution in [2.45, 2.75) is 31.5 Å². The average molecular weight is 477 g/mol. The van der Waals surface area contributed by atoms with Crippen LogP contribution < -0.4 is 10.6 Å². The number of hydrogen-bond acceptors (Lipinski definition) is 5. The van der Waals surface area contributed by atoms with Gasteiger partial charge in [-0.25, -0.2) is 9.59 Å².